The highest BCUT2D eigenvalue weighted by Gasteiger charge is 2.35. The Morgan fingerprint density at radius 3 is 2.50 bits per heavy atom. The summed E-state index contributed by atoms with van der Waals surface area (Å²) in [4.78, 5) is 0.260. The van der Waals surface area contributed by atoms with E-state index < -0.39 is 10.0 Å². The maximum absolute atomic E-state index is 12.8. The second-order valence-corrected chi connectivity index (χ2v) is 7.26. The lowest BCUT2D eigenvalue weighted by Crippen LogP contribution is -2.45. The van der Waals surface area contributed by atoms with Crippen molar-refractivity contribution in [1.29, 1.82) is 0 Å². The van der Waals surface area contributed by atoms with Crippen molar-refractivity contribution < 1.29 is 13.5 Å². The molecule has 2 rings (SSSR count). The molecule has 0 unspecified atom stereocenters. The number of benzene rings is 1. The molecule has 112 valence electrons. The molecule has 0 saturated heterocycles. The largest absolute Gasteiger partial charge is 0.398 e. The Morgan fingerprint density at radius 2 is 2.00 bits per heavy atom. The lowest BCUT2D eigenvalue weighted by molar-refractivity contribution is 0.178. The smallest absolute Gasteiger partial charge is 0.243 e. The molecular formula is C14H22N2O3S. The van der Waals surface area contributed by atoms with Gasteiger partial charge in [-0.1, -0.05) is 6.42 Å². The van der Waals surface area contributed by atoms with Gasteiger partial charge in [-0.05, 0) is 49.9 Å². The van der Waals surface area contributed by atoms with Crippen LogP contribution >= 0.6 is 0 Å². The van der Waals surface area contributed by atoms with Gasteiger partial charge in [0.15, 0.2) is 0 Å². The molecule has 6 heteroatoms. The highest BCUT2D eigenvalue weighted by Crippen LogP contribution is 2.32. The Balaban J connectivity index is 2.47. The maximum atomic E-state index is 12.8. The molecule has 1 aromatic rings. The van der Waals surface area contributed by atoms with Crippen molar-refractivity contribution in [1.82, 2.24) is 4.31 Å². The third-order valence-electron chi connectivity index (χ3n) is 3.93. The van der Waals surface area contributed by atoms with Crippen molar-refractivity contribution in [3.05, 3.63) is 23.3 Å². The molecular weight excluding hydrogens is 276 g/mol. The van der Waals surface area contributed by atoms with Crippen LogP contribution in [-0.4, -0.2) is 37.0 Å². The fourth-order valence-electron chi connectivity index (χ4n) is 2.52. The van der Waals surface area contributed by atoms with E-state index in [9.17, 15) is 8.42 Å². The van der Waals surface area contributed by atoms with Crippen molar-refractivity contribution in [2.45, 2.75) is 44.0 Å². The van der Waals surface area contributed by atoms with E-state index in [1.165, 1.54) is 4.31 Å². The monoisotopic (exact) mass is 298 g/mol. The number of nitrogens with two attached hydrogens (primary N) is 1. The fraction of sp³-hybridized carbons (Fsp3) is 0.571. The number of rotatable bonds is 5. The zero-order valence-electron chi connectivity index (χ0n) is 12.0. The van der Waals surface area contributed by atoms with Gasteiger partial charge >= 0.3 is 0 Å². The average molecular weight is 298 g/mol. The SMILES string of the molecule is Cc1cc(N)c(C)c(S(=O)(=O)N(CCO)C2CCC2)c1. The number of anilines is 1. The molecule has 20 heavy (non-hydrogen) atoms. The van der Waals surface area contributed by atoms with E-state index in [2.05, 4.69) is 0 Å². The first kappa shape index (κ1) is 15.3. The summed E-state index contributed by atoms with van der Waals surface area (Å²) < 4.78 is 27.1. The van der Waals surface area contributed by atoms with Gasteiger partial charge in [0.1, 0.15) is 0 Å². The Kier molecular flexibility index (Phi) is 4.36. The topological polar surface area (TPSA) is 83.6 Å². The summed E-state index contributed by atoms with van der Waals surface area (Å²) in [6.45, 7) is 3.52. The van der Waals surface area contributed by atoms with Crippen LogP contribution < -0.4 is 5.73 Å². The number of aliphatic hydroxyl groups is 1. The molecule has 0 spiro atoms. The van der Waals surface area contributed by atoms with Crippen molar-refractivity contribution >= 4 is 15.7 Å². The molecule has 1 fully saturated rings. The summed E-state index contributed by atoms with van der Waals surface area (Å²) in [6, 6.07) is 3.44. The predicted octanol–water partition coefficient (Wildman–Crippen LogP) is 1.42. The molecule has 0 amide bonds. The van der Waals surface area contributed by atoms with E-state index in [-0.39, 0.29) is 24.1 Å². The van der Waals surface area contributed by atoms with Gasteiger partial charge in [-0.3, -0.25) is 0 Å². The highest BCUT2D eigenvalue weighted by atomic mass is 32.2. The quantitative estimate of drug-likeness (QED) is 0.805. The van der Waals surface area contributed by atoms with Crippen LogP contribution in [0.4, 0.5) is 5.69 Å². The molecule has 1 saturated carbocycles. The molecule has 5 nitrogen and oxygen atoms in total. The first-order valence-corrected chi connectivity index (χ1v) is 8.31. The zero-order chi connectivity index (χ0) is 14.9. The van der Waals surface area contributed by atoms with E-state index >= 15 is 0 Å². The standard InChI is InChI=1S/C14H22N2O3S/c1-10-8-13(15)11(2)14(9-10)20(18,19)16(6-7-17)12-4-3-5-12/h8-9,12,17H,3-7,15H2,1-2H3. The van der Waals surface area contributed by atoms with Crippen LogP contribution in [0.2, 0.25) is 0 Å². The summed E-state index contributed by atoms with van der Waals surface area (Å²) in [5.74, 6) is 0. The van der Waals surface area contributed by atoms with Gasteiger partial charge in [0.2, 0.25) is 10.0 Å². The second kappa shape index (κ2) is 5.71. The number of nitrogen functional groups attached to an aromatic ring is 1. The van der Waals surface area contributed by atoms with E-state index in [1.807, 2.05) is 6.92 Å². The molecule has 1 aromatic carbocycles. The molecule has 0 radical (unpaired) electrons. The number of hydrogen-bond donors (Lipinski definition) is 2. The molecule has 3 N–H and O–H groups in total. The van der Waals surface area contributed by atoms with E-state index in [0.717, 1.165) is 24.8 Å². The Labute approximate surface area is 120 Å². The number of sulfonamides is 1. The van der Waals surface area contributed by atoms with Crippen LogP contribution in [0.25, 0.3) is 0 Å². The number of aryl methyl sites for hydroxylation is 1. The van der Waals surface area contributed by atoms with Crippen molar-refractivity contribution in [2.24, 2.45) is 0 Å². The maximum Gasteiger partial charge on any atom is 0.243 e. The second-order valence-electron chi connectivity index (χ2n) is 5.40. The number of hydrogen-bond acceptors (Lipinski definition) is 4. The van der Waals surface area contributed by atoms with Gasteiger partial charge in [-0.15, -0.1) is 0 Å². The summed E-state index contributed by atoms with van der Waals surface area (Å²) >= 11 is 0. The first-order chi connectivity index (χ1) is 9.37. The lowest BCUT2D eigenvalue weighted by atomic mass is 9.93. The highest BCUT2D eigenvalue weighted by molar-refractivity contribution is 7.89. The first-order valence-electron chi connectivity index (χ1n) is 6.87. The molecule has 1 aliphatic carbocycles. The van der Waals surface area contributed by atoms with Crippen LogP contribution in [0.1, 0.15) is 30.4 Å². The Hall–Kier alpha value is -1.11. The van der Waals surface area contributed by atoms with Gasteiger partial charge in [0.25, 0.3) is 0 Å². The van der Waals surface area contributed by atoms with Crippen molar-refractivity contribution in [3.63, 3.8) is 0 Å². The zero-order valence-corrected chi connectivity index (χ0v) is 12.8. The minimum atomic E-state index is -3.61. The molecule has 0 heterocycles. The summed E-state index contributed by atoms with van der Waals surface area (Å²) in [7, 11) is -3.61. The average Bonchev–Trinajstić information content (AvgIpc) is 2.30. The van der Waals surface area contributed by atoms with Crippen LogP contribution in [0.3, 0.4) is 0 Å². The van der Waals surface area contributed by atoms with Crippen molar-refractivity contribution in [3.8, 4) is 0 Å². The molecule has 0 atom stereocenters. The molecule has 0 aliphatic heterocycles. The van der Waals surface area contributed by atoms with Crippen molar-refractivity contribution in [2.75, 3.05) is 18.9 Å². The van der Waals surface area contributed by atoms with Gasteiger partial charge in [0, 0.05) is 18.3 Å². The van der Waals surface area contributed by atoms with Gasteiger partial charge < -0.3 is 10.8 Å². The third kappa shape index (κ3) is 2.68. The van der Waals surface area contributed by atoms with E-state index in [0.29, 0.717) is 11.3 Å². The lowest BCUT2D eigenvalue weighted by Gasteiger charge is -2.36. The fourth-order valence-corrected chi connectivity index (χ4v) is 4.54. The van der Waals surface area contributed by atoms with Gasteiger partial charge in [-0.25, -0.2) is 8.42 Å². The minimum absolute atomic E-state index is 0.00767. The summed E-state index contributed by atoms with van der Waals surface area (Å²) in [5, 5.41) is 9.16. The predicted molar refractivity (Wildman–Crippen MR) is 78.9 cm³/mol. The molecule has 0 aromatic heterocycles. The van der Waals surface area contributed by atoms with E-state index in [1.54, 1.807) is 19.1 Å². The van der Waals surface area contributed by atoms with Crippen LogP contribution in [0.15, 0.2) is 17.0 Å². The summed E-state index contributed by atoms with van der Waals surface area (Å²) in [6.07, 6.45) is 2.76. The summed E-state index contributed by atoms with van der Waals surface area (Å²) in [5.41, 5.74) is 7.77. The van der Waals surface area contributed by atoms with E-state index in [4.69, 9.17) is 10.8 Å². The van der Waals surface area contributed by atoms with Crippen LogP contribution in [0.5, 0.6) is 0 Å². The normalized spacial score (nSPS) is 16.4. The minimum Gasteiger partial charge on any atom is -0.398 e. The molecule has 0 bridgehead atoms. The number of nitrogens with zero attached hydrogens (tertiary/aromatic N) is 1. The van der Waals surface area contributed by atoms with Gasteiger partial charge in [-0.2, -0.15) is 4.31 Å². The third-order valence-corrected chi connectivity index (χ3v) is 6.01. The Bertz CT molecular complexity index is 595. The van der Waals surface area contributed by atoms with Crippen LogP contribution in [-0.2, 0) is 10.0 Å². The number of aliphatic hydroxyl groups excluding tert-OH is 1. The van der Waals surface area contributed by atoms with Gasteiger partial charge in [0.05, 0.1) is 11.5 Å². The van der Waals surface area contributed by atoms with Crippen LogP contribution in [0, 0.1) is 13.8 Å². The molecule has 1 aliphatic rings. The Morgan fingerprint density at radius 1 is 1.35 bits per heavy atom.